The largest absolute Gasteiger partial charge is 0.507 e. The van der Waals surface area contributed by atoms with Gasteiger partial charge in [0, 0.05) is 38.9 Å². The number of alkyl halides is 3. The normalized spacial score (nSPS) is 12.1. The number of phenols is 1. The summed E-state index contributed by atoms with van der Waals surface area (Å²) in [5.41, 5.74) is -1.68. The summed E-state index contributed by atoms with van der Waals surface area (Å²) >= 11 is 5.85. The maximum Gasteiger partial charge on any atom is 0.450 e. The van der Waals surface area contributed by atoms with E-state index < -0.39 is 22.9 Å². The number of methoxy groups -OCH3 is 2. The molecule has 0 aliphatic heterocycles. The summed E-state index contributed by atoms with van der Waals surface area (Å²) in [6, 6.07) is 7.98. The molecule has 0 aliphatic carbocycles. The summed E-state index contributed by atoms with van der Waals surface area (Å²) in [7, 11) is 3.05. The van der Waals surface area contributed by atoms with Crippen molar-refractivity contribution in [1.82, 2.24) is 4.90 Å². The predicted octanol–water partition coefficient (Wildman–Crippen LogP) is 4.93. The van der Waals surface area contributed by atoms with E-state index in [0.717, 1.165) is 0 Å². The maximum atomic E-state index is 14.0. The van der Waals surface area contributed by atoms with Gasteiger partial charge in [-0.05, 0) is 29.8 Å². The lowest BCUT2D eigenvalue weighted by Gasteiger charge is -2.23. The van der Waals surface area contributed by atoms with Crippen LogP contribution in [0.25, 0.3) is 22.1 Å². The van der Waals surface area contributed by atoms with Crippen LogP contribution in [-0.4, -0.2) is 50.5 Å². The van der Waals surface area contributed by atoms with E-state index in [9.17, 15) is 23.1 Å². The van der Waals surface area contributed by atoms with Crippen LogP contribution in [0.3, 0.4) is 0 Å². The number of hydrogen-bond donors (Lipinski definition) is 1. The zero-order chi connectivity index (χ0) is 24.2. The molecule has 33 heavy (non-hydrogen) atoms. The molecule has 0 atom stereocenters. The van der Waals surface area contributed by atoms with Crippen molar-refractivity contribution in [1.29, 1.82) is 0 Å². The Morgan fingerprint density at radius 2 is 1.64 bits per heavy atom. The molecule has 0 bridgehead atoms. The second-order valence-electron chi connectivity index (χ2n) is 7.34. The second-order valence-corrected chi connectivity index (χ2v) is 7.78. The van der Waals surface area contributed by atoms with Gasteiger partial charge in [0.15, 0.2) is 0 Å². The van der Waals surface area contributed by atoms with E-state index in [4.69, 9.17) is 25.5 Å². The number of halogens is 4. The molecule has 0 radical (unpaired) electrons. The van der Waals surface area contributed by atoms with Gasteiger partial charge in [-0.2, -0.15) is 13.2 Å². The van der Waals surface area contributed by atoms with Crippen LogP contribution in [0, 0.1) is 0 Å². The Labute approximate surface area is 193 Å². The highest BCUT2D eigenvalue weighted by molar-refractivity contribution is 6.30. The molecule has 0 amide bonds. The highest BCUT2D eigenvalue weighted by Crippen LogP contribution is 2.39. The number of ether oxygens (including phenoxy) is 2. The van der Waals surface area contributed by atoms with Gasteiger partial charge in [-0.3, -0.25) is 9.69 Å². The molecule has 1 heterocycles. The van der Waals surface area contributed by atoms with E-state index in [1.165, 1.54) is 50.6 Å². The van der Waals surface area contributed by atoms with E-state index in [2.05, 4.69) is 0 Å². The summed E-state index contributed by atoms with van der Waals surface area (Å²) in [5.74, 6) is -1.72. The molecule has 0 unspecified atom stereocenters. The van der Waals surface area contributed by atoms with Crippen molar-refractivity contribution < 1.29 is 32.2 Å². The van der Waals surface area contributed by atoms with Crippen LogP contribution in [0.4, 0.5) is 13.2 Å². The molecule has 0 fully saturated rings. The van der Waals surface area contributed by atoms with Gasteiger partial charge < -0.3 is 19.0 Å². The molecular weight excluding hydrogens is 463 g/mol. The van der Waals surface area contributed by atoms with Crippen molar-refractivity contribution in [2.24, 2.45) is 0 Å². The van der Waals surface area contributed by atoms with Gasteiger partial charge in [0.25, 0.3) is 0 Å². The van der Waals surface area contributed by atoms with E-state index in [1.54, 1.807) is 0 Å². The number of nitrogens with zero attached hydrogens (tertiary/aromatic N) is 1. The van der Waals surface area contributed by atoms with E-state index in [1.807, 2.05) is 4.90 Å². The standard InChI is InChI=1S/C23H23ClF3NO5/c1-31-11-9-28(10-12-32-2)13-17-18(29)8-7-16-20(30)19(14-3-5-15(24)6-4-14)22(23(25,26)27)33-21(16)17/h3-8,29H,9-13H2,1-2H3. The van der Waals surface area contributed by atoms with Crippen LogP contribution in [0.1, 0.15) is 11.3 Å². The third-order valence-electron chi connectivity index (χ3n) is 5.13. The monoisotopic (exact) mass is 485 g/mol. The fourth-order valence-corrected chi connectivity index (χ4v) is 3.60. The molecule has 1 aromatic heterocycles. The van der Waals surface area contributed by atoms with Gasteiger partial charge in [0.05, 0.1) is 29.7 Å². The first-order valence-electron chi connectivity index (χ1n) is 10.0. The SMILES string of the molecule is COCCN(CCOC)Cc1c(O)ccc2c(=O)c(-c3ccc(Cl)cc3)c(C(F)(F)F)oc12. The molecule has 0 saturated carbocycles. The maximum absolute atomic E-state index is 14.0. The lowest BCUT2D eigenvalue weighted by molar-refractivity contribution is -0.152. The van der Waals surface area contributed by atoms with E-state index in [0.29, 0.717) is 31.3 Å². The van der Waals surface area contributed by atoms with Crippen LogP contribution in [-0.2, 0) is 22.2 Å². The summed E-state index contributed by atoms with van der Waals surface area (Å²) < 4.78 is 57.5. The smallest absolute Gasteiger partial charge is 0.450 e. The third-order valence-corrected chi connectivity index (χ3v) is 5.39. The Morgan fingerprint density at radius 1 is 1.03 bits per heavy atom. The fraction of sp³-hybridized carbons (Fsp3) is 0.348. The average Bonchev–Trinajstić information content (AvgIpc) is 2.77. The number of benzene rings is 2. The average molecular weight is 486 g/mol. The van der Waals surface area contributed by atoms with Gasteiger partial charge in [-0.1, -0.05) is 23.7 Å². The number of rotatable bonds is 9. The van der Waals surface area contributed by atoms with Crippen LogP contribution in [0.2, 0.25) is 5.02 Å². The molecule has 3 rings (SSSR count). The Morgan fingerprint density at radius 3 is 2.18 bits per heavy atom. The van der Waals surface area contributed by atoms with Crippen LogP contribution < -0.4 is 5.43 Å². The van der Waals surface area contributed by atoms with Gasteiger partial charge in [0.1, 0.15) is 11.3 Å². The Bertz CT molecular complexity index is 1150. The van der Waals surface area contributed by atoms with Crippen molar-refractivity contribution in [3.05, 3.63) is 63.0 Å². The van der Waals surface area contributed by atoms with Crippen molar-refractivity contribution >= 4 is 22.6 Å². The zero-order valence-corrected chi connectivity index (χ0v) is 18.8. The topological polar surface area (TPSA) is 72.1 Å². The van der Waals surface area contributed by atoms with E-state index in [-0.39, 0.29) is 34.4 Å². The predicted molar refractivity (Wildman–Crippen MR) is 119 cm³/mol. The number of hydrogen-bond acceptors (Lipinski definition) is 6. The lowest BCUT2D eigenvalue weighted by atomic mass is 10.00. The first-order valence-corrected chi connectivity index (χ1v) is 10.4. The molecule has 2 aromatic carbocycles. The molecule has 1 N–H and O–H groups in total. The Hall–Kier alpha value is -2.59. The van der Waals surface area contributed by atoms with E-state index >= 15 is 0 Å². The van der Waals surface area contributed by atoms with Gasteiger partial charge in [0.2, 0.25) is 11.2 Å². The highest BCUT2D eigenvalue weighted by Gasteiger charge is 2.39. The molecule has 3 aromatic rings. The van der Waals surface area contributed by atoms with Gasteiger partial charge in [-0.25, -0.2) is 0 Å². The van der Waals surface area contributed by atoms with Crippen LogP contribution >= 0.6 is 11.6 Å². The number of phenolic OH excluding ortho intramolecular Hbond substituents is 1. The molecule has 6 nitrogen and oxygen atoms in total. The third kappa shape index (κ3) is 5.67. The summed E-state index contributed by atoms with van der Waals surface area (Å²) in [6.45, 7) is 1.58. The van der Waals surface area contributed by atoms with Gasteiger partial charge >= 0.3 is 6.18 Å². The van der Waals surface area contributed by atoms with Crippen molar-refractivity contribution in [3.8, 4) is 16.9 Å². The Kier molecular flexibility index (Phi) is 8.01. The van der Waals surface area contributed by atoms with Crippen molar-refractivity contribution in [2.75, 3.05) is 40.5 Å². The van der Waals surface area contributed by atoms with Crippen LogP contribution in [0.5, 0.6) is 5.75 Å². The summed E-state index contributed by atoms with van der Waals surface area (Å²) in [4.78, 5) is 15.1. The first-order chi connectivity index (χ1) is 15.7. The quantitative estimate of drug-likeness (QED) is 0.463. The lowest BCUT2D eigenvalue weighted by Crippen LogP contribution is -2.30. The van der Waals surface area contributed by atoms with Crippen molar-refractivity contribution in [3.63, 3.8) is 0 Å². The molecule has 0 saturated heterocycles. The zero-order valence-electron chi connectivity index (χ0n) is 18.0. The molecular formula is C23H23ClF3NO5. The van der Waals surface area contributed by atoms with Crippen LogP contribution in [0.15, 0.2) is 45.6 Å². The van der Waals surface area contributed by atoms with Crippen molar-refractivity contribution in [2.45, 2.75) is 12.7 Å². The fourth-order valence-electron chi connectivity index (χ4n) is 3.47. The minimum absolute atomic E-state index is 0.0242. The minimum Gasteiger partial charge on any atom is -0.507 e. The minimum atomic E-state index is -4.95. The number of fused-ring (bicyclic) bond motifs is 1. The Balaban J connectivity index is 2.23. The highest BCUT2D eigenvalue weighted by atomic mass is 35.5. The summed E-state index contributed by atoms with van der Waals surface area (Å²) in [5, 5.41) is 10.7. The first kappa shape index (κ1) is 25.0. The molecule has 0 spiro atoms. The summed E-state index contributed by atoms with van der Waals surface area (Å²) in [6.07, 6.45) is -4.95. The molecule has 178 valence electrons. The molecule has 10 heteroatoms. The van der Waals surface area contributed by atoms with Gasteiger partial charge in [-0.15, -0.1) is 0 Å². The molecule has 0 aliphatic rings. The second kappa shape index (κ2) is 10.6. The number of aromatic hydroxyl groups is 1.